The number of hydrogen-bond donors (Lipinski definition) is 1. The lowest BCUT2D eigenvalue weighted by Crippen LogP contribution is -2.47. The van der Waals surface area contributed by atoms with Gasteiger partial charge in [-0.3, -0.25) is 9.78 Å². The number of nitrogens with one attached hydrogen (secondary N) is 1. The van der Waals surface area contributed by atoms with E-state index in [1.54, 1.807) is 6.07 Å². The first kappa shape index (κ1) is 15.1. The van der Waals surface area contributed by atoms with Crippen molar-refractivity contribution in [2.45, 2.75) is 0 Å². The van der Waals surface area contributed by atoms with E-state index in [0.29, 0.717) is 17.0 Å². The van der Waals surface area contributed by atoms with Crippen LogP contribution in [-0.4, -0.2) is 40.7 Å². The van der Waals surface area contributed by atoms with Crippen molar-refractivity contribution in [2.75, 3.05) is 36.0 Å². The predicted molar refractivity (Wildman–Crippen MR) is 97.2 cm³/mol. The number of aromatic amines is 1. The minimum absolute atomic E-state index is 0.0873. The van der Waals surface area contributed by atoms with Crippen LogP contribution in [0.4, 0.5) is 11.6 Å². The quantitative estimate of drug-likeness (QED) is 0.775. The number of halogens is 1. The summed E-state index contributed by atoms with van der Waals surface area (Å²) in [6.45, 7) is 3.36. The zero-order valence-corrected chi connectivity index (χ0v) is 14.1. The second-order valence-electron chi connectivity index (χ2n) is 6.00. The number of hydrogen-bond acceptors (Lipinski definition) is 4. The minimum Gasteiger partial charge on any atom is -0.368 e. The summed E-state index contributed by atoms with van der Waals surface area (Å²) in [5, 5.41) is 1.37. The third-order valence-corrected chi connectivity index (χ3v) is 4.74. The molecule has 1 aliphatic rings. The molecule has 6 nitrogen and oxygen atoms in total. The Kier molecular flexibility index (Phi) is 3.69. The van der Waals surface area contributed by atoms with Gasteiger partial charge in [-0.15, -0.1) is 0 Å². The first-order valence-corrected chi connectivity index (χ1v) is 8.30. The summed E-state index contributed by atoms with van der Waals surface area (Å²) in [7, 11) is 1.90. The van der Waals surface area contributed by atoms with E-state index in [9.17, 15) is 4.79 Å². The van der Waals surface area contributed by atoms with Crippen molar-refractivity contribution in [1.82, 2.24) is 14.5 Å². The van der Waals surface area contributed by atoms with Crippen molar-refractivity contribution in [2.24, 2.45) is 7.05 Å². The molecule has 0 unspecified atom stereocenters. The Morgan fingerprint density at radius 1 is 1.04 bits per heavy atom. The van der Waals surface area contributed by atoms with E-state index in [1.807, 2.05) is 42.1 Å². The second kappa shape index (κ2) is 5.87. The maximum atomic E-state index is 12.2. The number of aryl methyl sites for hydroxylation is 1. The summed E-state index contributed by atoms with van der Waals surface area (Å²) in [5.41, 5.74) is 1.79. The lowest BCUT2D eigenvalue weighted by molar-refractivity contribution is 0.640. The van der Waals surface area contributed by atoms with Gasteiger partial charge >= 0.3 is 0 Å². The summed E-state index contributed by atoms with van der Waals surface area (Å²) in [4.78, 5) is 24.2. The highest BCUT2D eigenvalue weighted by Crippen LogP contribution is 2.21. The van der Waals surface area contributed by atoms with Crippen LogP contribution in [0.2, 0.25) is 5.02 Å². The van der Waals surface area contributed by atoms with Crippen LogP contribution in [0.15, 0.2) is 41.3 Å². The predicted octanol–water partition coefficient (Wildman–Crippen LogP) is 2.24. The molecular weight excluding hydrogens is 326 g/mol. The average molecular weight is 344 g/mol. The van der Waals surface area contributed by atoms with Gasteiger partial charge < -0.3 is 14.4 Å². The molecule has 0 amide bonds. The average Bonchev–Trinajstić information content (AvgIpc) is 2.98. The number of fused-ring (bicyclic) bond motifs is 1. The number of rotatable bonds is 2. The highest BCUT2D eigenvalue weighted by atomic mass is 35.5. The second-order valence-corrected chi connectivity index (χ2v) is 6.44. The van der Waals surface area contributed by atoms with Crippen LogP contribution in [0.1, 0.15) is 0 Å². The molecule has 124 valence electrons. The van der Waals surface area contributed by atoms with E-state index in [0.717, 1.165) is 31.2 Å². The van der Waals surface area contributed by atoms with Gasteiger partial charge in [0.15, 0.2) is 0 Å². The number of aromatic nitrogens is 3. The molecule has 2 aromatic heterocycles. The highest BCUT2D eigenvalue weighted by molar-refractivity contribution is 6.30. The van der Waals surface area contributed by atoms with Crippen LogP contribution in [0.25, 0.3) is 11.0 Å². The Balaban J connectivity index is 1.54. The zero-order valence-electron chi connectivity index (χ0n) is 13.4. The van der Waals surface area contributed by atoms with Gasteiger partial charge in [0.1, 0.15) is 5.65 Å². The van der Waals surface area contributed by atoms with E-state index in [-0.39, 0.29) is 5.56 Å². The molecule has 0 saturated carbocycles. The zero-order chi connectivity index (χ0) is 16.7. The van der Waals surface area contributed by atoms with Crippen LogP contribution in [0.5, 0.6) is 0 Å². The van der Waals surface area contributed by atoms with E-state index in [4.69, 9.17) is 11.6 Å². The van der Waals surface area contributed by atoms with Gasteiger partial charge in [0, 0.05) is 50.1 Å². The molecule has 0 radical (unpaired) electrons. The maximum absolute atomic E-state index is 12.2. The number of nitrogens with zero attached hydrogens (tertiary/aromatic N) is 4. The van der Waals surface area contributed by atoms with Crippen molar-refractivity contribution in [3.63, 3.8) is 0 Å². The van der Waals surface area contributed by atoms with Gasteiger partial charge in [-0.2, -0.15) is 4.98 Å². The Hall–Kier alpha value is -2.47. The summed E-state index contributed by atoms with van der Waals surface area (Å²) >= 11 is 5.95. The maximum Gasteiger partial charge on any atom is 0.261 e. The fourth-order valence-corrected chi connectivity index (χ4v) is 3.24. The fraction of sp³-hybridized carbons (Fsp3) is 0.294. The van der Waals surface area contributed by atoms with Crippen LogP contribution >= 0.6 is 11.6 Å². The number of benzene rings is 1. The molecule has 1 saturated heterocycles. The largest absolute Gasteiger partial charge is 0.368 e. The molecule has 3 heterocycles. The summed E-state index contributed by atoms with van der Waals surface area (Å²) in [6, 6.07) is 9.68. The molecular formula is C17H18ClN5O. The molecule has 3 aromatic rings. The first-order chi connectivity index (χ1) is 11.6. The molecule has 4 rings (SSSR count). The van der Waals surface area contributed by atoms with Crippen LogP contribution in [-0.2, 0) is 7.05 Å². The molecule has 1 aliphatic heterocycles. The van der Waals surface area contributed by atoms with Gasteiger partial charge in [0.25, 0.3) is 5.56 Å². The van der Waals surface area contributed by atoms with Crippen LogP contribution in [0, 0.1) is 0 Å². The Labute approximate surface area is 144 Å². The minimum atomic E-state index is -0.0873. The molecule has 1 fully saturated rings. The number of piperazine rings is 1. The molecule has 24 heavy (non-hydrogen) atoms. The van der Waals surface area contributed by atoms with Crippen molar-refractivity contribution < 1.29 is 0 Å². The normalized spacial score (nSPS) is 15.2. The Morgan fingerprint density at radius 3 is 2.42 bits per heavy atom. The lowest BCUT2D eigenvalue weighted by Gasteiger charge is -2.36. The number of H-pyrrole nitrogens is 1. The van der Waals surface area contributed by atoms with Gasteiger partial charge in [-0.05, 0) is 30.3 Å². The number of anilines is 2. The Morgan fingerprint density at radius 2 is 1.71 bits per heavy atom. The molecule has 0 aliphatic carbocycles. The SMILES string of the molecule is Cn1ccc2c(=O)[nH]c(N3CCN(c4ccc(Cl)cc4)CC3)nc21. The molecule has 0 bridgehead atoms. The standard InChI is InChI=1S/C17H18ClN5O/c1-21-7-6-14-15(21)19-17(20-16(14)24)23-10-8-22(9-11-23)13-4-2-12(18)3-5-13/h2-7H,8-11H2,1H3,(H,19,20,24). The highest BCUT2D eigenvalue weighted by Gasteiger charge is 2.20. The van der Waals surface area contributed by atoms with Gasteiger partial charge in [-0.25, -0.2) is 0 Å². The van der Waals surface area contributed by atoms with Crippen LogP contribution in [0.3, 0.4) is 0 Å². The molecule has 7 heteroatoms. The van der Waals surface area contributed by atoms with Gasteiger partial charge in [0.05, 0.1) is 5.39 Å². The first-order valence-electron chi connectivity index (χ1n) is 7.92. The van der Waals surface area contributed by atoms with Gasteiger partial charge in [-0.1, -0.05) is 11.6 Å². The van der Waals surface area contributed by atoms with Crippen molar-refractivity contribution in [3.8, 4) is 0 Å². The topological polar surface area (TPSA) is 57.2 Å². The smallest absolute Gasteiger partial charge is 0.261 e. The van der Waals surface area contributed by atoms with Crippen molar-refractivity contribution in [1.29, 1.82) is 0 Å². The van der Waals surface area contributed by atoms with E-state index >= 15 is 0 Å². The van der Waals surface area contributed by atoms with Gasteiger partial charge in [0.2, 0.25) is 5.95 Å². The fourth-order valence-electron chi connectivity index (χ4n) is 3.11. The van der Waals surface area contributed by atoms with Crippen molar-refractivity contribution >= 4 is 34.3 Å². The van der Waals surface area contributed by atoms with E-state index < -0.39 is 0 Å². The molecule has 0 atom stereocenters. The molecule has 1 N–H and O–H groups in total. The van der Waals surface area contributed by atoms with Crippen LogP contribution < -0.4 is 15.4 Å². The molecule has 0 spiro atoms. The van der Waals surface area contributed by atoms with E-state index in [2.05, 4.69) is 19.8 Å². The summed E-state index contributed by atoms with van der Waals surface area (Å²) in [6.07, 6.45) is 1.86. The summed E-state index contributed by atoms with van der Waals surface area (Å²) in [5.74, 6) is 0.644. The third-order valence-electron chi connectivity index (χ3n) is 4.49. The third kappa shape index (κ3) is 2.63. The van der Waals surface area contributed by atoms with E-state index in [1.165, 1.54) is 5.69 Å². The monoisotopic (exact) mass is 343 g/mol. The molecule has 1 aromatic carbocycles. The van der Waals surface area contributed by atoms with Crippen molar-refractivity contribution in [3.05, 3.63) is 51.9 Å². The lowest BCUT2D eigenvalue weighted by atomic mass is 10.2. The summed E-state index contributed by atoms with van der Waals surface area (Å²) < 4.78 is 1.87. The Bertz CT molecular complexity index is 922.